The number of aryl methyl sites for hydroxylation is 2. The molecule has 9 nitrogen and oxygen atoms in total. The summed E-state index contributed by atoms with van der Waals surface area (Å²) in [5.41, 5.74) is 8.55. The van der Waals surface area contributed by atoms with Crippen LogP contribution in [0.3, 0.4) is 0 Å². The van der Waals surface area contributed by atoms with Crippen LogP contribution in [-0.2, 0) is 17.6 Å². The summed E-state index contributed by atoms with van der Waals surface area (Å²) in [5, 5.41) is 12.2. The van der Waals surface area contributed by atoms with E-state index < -0.39 is 11.7 Å². The number of ether oxygens (including phenoxy) is 2. The van der Waals surface area contributed by atoms with E-state index in [9.17, 15) is 4.79 Å². The number of nitrogens with one attached hydrogen (secondary N) is 2. The van der Waals surface area contributed by atoms with Crippen LogP contribution in [0.25, 0.3) is 10.2 Å². The lowest BCUT2D eigenvalue weighted by Crippen LogP contribution is -2.36. The number of aromatic nitrogens is 2. The highest BCUT2D eigenvalue weighted by Gasteiger charge is 2.22. The molecule has 4 rings (SSSR count). The summed E-state index contributed by atoms with van der Waals surface area (Å²) in [4.78, 5) is 25.1. The molecule has 1 amide bonds. The van der Waals surface area contributed by atoms with Gasteiger partial charge in [0.2, 0.25) is 0 Å². The van der Waals surface area contributed by atoms with Crippen molar-refractivity contribution in [1.29, 1.82) is 5.41 Å². The van der Waals surface area contributed by atoms with E-state index in [0.29, 0.717) is 35.1 Å². The number of rotatable bonds is 7. The zero-order chi connectivity index (χ0) is 25.2. The molecule has 3 aromatic rings. The fourth-order valence-corrected chi connectivity index (χ4v) is 5.22. The first-order valence-corrected chi connectivity index (χ1v) is 12.5. The minimum Gasteiger partial charge on any atom is -0.489 e. The standard InChI is InChI=1S/C25H32N6O3S/c1-25(2,3)34-24(32)31(4)9-10-33-19-12-17(27)15(13-26)11-18(19)30-22-21-16-7-5-6-8-20(16)35-23(21)29-14-28-22/h11-14,26H,5-10,27H2,1-4H3,(H,28,29,30). The van der Waals surface area contributed by atoms with Crippen molar-refractivity contribution in [3.8, 4) is 5.75 Å². The number of carbonyl (C=O) groups is 1. The molecule has 1 aromatic carbocycles. The van der Waals surface area contributed by atoms with Gasteiger partial charge >= 0.3 is 6.09 Å². The maximum atomic E-state index is 12.2. The Kier molecular flexibility index (Phi) is 7.11. The number of thiophene rings is 1. The molecule has 4 N–H and O–H groups in total. The van der Waals surface area contributed by atoms with E-state index in [-0.39, 0.29) is 6.61 Å². The van der Waals surface area contributed by atoms with Crippen molar-refractivity contribution in [1.82, 2.24) is 14.9 Å². The number of amides is 1. The Hall–Kier alpha value is -3.40. The van der Waals surface area contributed by atoms with Crippen LogP contribution in [0.2, 0.25) is 0 Å². The molecule has 0 atom stereocenters. The van der Waals surface area contributed by atoms with Crippen LogP contribution in [0.5, 0.6) is 5.75 Å². The second-order valence-corrected chi connectivity index (χ2v) is 10.7. The van der Waals surface area contributed by atoms with Crippen molar-refractivity contribution in [2.75, 3.05) is 31.2 Å². The Morgan fingerprint density at radius 1 is 1.29 bits per heavy atom. The van der Waals surface area contributed by atoms with Crippen molar-refractivity contribution in [2.45, 2.75) is 52.1 Å². The Morgan fingerprint density at radius 2 is 2.06 bits per heavy atom. The summed E-state index contributed by atoms with van der Waals surface area (Å²) < 4.78 is 11.4. The molecule has 1 aliphatic carbocycles. The summed E-state index contributed by atoms with van der Waals surface area (Å²) in [6, 6.07) is 3.47. The predicted molar refractivity (Wildman–Crippen MR) is 140 cm³/mol. The summed E-state index contributed by atoms with van der Waals surface area (Å²) in [5.74, 6) is 1.23. The molecule has 2 heterocycles. The van der Waals surface area contributed by atoms with Gasteiger partial charge in [0.15, 0.2) is 0 Å². The van der Waals surface area contributed by atoms with Crippen LogP contribution >= 0.6 is 11.3 Å². The molecule has 0 saturated carbocycles. The van der Waals surface area contributed by atoms with Crippen LogP contribution in [0.15, 0.2) is 18.5 Å². The van der Waals surface area contributed by atoms with Gasteiger partial charge in [-0.1, -0.05) is 0 Å². The second kappa shape index (κ2) is 10.1. The van der Waals surface area contributed by atoms with Gasteiger partial charge < -0.3 is 30.8 Å². The van der Waals surface area contributed by atoms with Crippen molar-refractivity contribution >= 4 is 51.1 Å². The number of anilines is 3. The molecule has 0 spiro atoms. The molecular formula is C25H32N6O3S. The lowest BCUT2D eigenvalue weighted by atomic mass is 9.97. The van der Waals surface area contributed by atoms with Gasteiger partial charge in [-0.2, -0.15) is 0 Å². The van der Waals surface area contributed by atoms with Crippen molar-refractivity contribution in [3.63, 3.8) is 0 Å². The number of nitrogens with zero attached hydrogens (tertiary/aromatic N) is 3. The molecule has 0 radical (unpaired) electrons. The monoisotopic (exact) mass is 496 g/mol. The zero-order valence-electron chi connectivity index (χ0n) is 20.6. The number of fused-ring (bicyclic) bond motifs is 3. The normalized spacial score (nSPS) is 13.3. The molecule has 186 valence electrons. The third kappa shape index (κ3) is 5.64. The maximum absolute atomic E-state index is 12.2. The first-order chi connectivity index (χ1) is 16.7. The molecular weight excluding hydrogens is 464 g/mol. The van der Waals surface area contributed by atoms with Crippen LogP contribution in [-0.4, -0.2) is 53.0 Å². The fraction of sp³-hybridized carbons (Fsp3) is 0.440. The first-order valence-electron chi connectivity index (χ1n) is 11.7. The van der Waals surface area contributed by atoms with E-state index in [1.165, 1.54) is 28.0 Å². The number of carbonyl (C=O) groups excluding carboxylic acids is 1. The van der Waals surface area contributed by atoms with Gasteiger partial charge in [0.25, 0.3) is 0 Å². The molecule has 35 heavy (non-hydrogen) atoms. The molecule has 10 heteroatoms. The van der Waals surface area contributed by atoms with Gasteiger partial charge in [0.05, 0.1) is 17.6 Å². The highest BCUT2D eigenvalue weighted by Crippen LogP contribution is 2.40. The van der Waals surface area contributed by atoms with Crippen LogP contribution in [0, 0.1) is 5.41 Å². The average Bonchev–Trinajstić information content (AvgIpc) is 3.19. The van der Waals surface area contributed by atoms with Crippen LogP contribution < -0.4 is 15.8 Å². The maximum Gasteiger partial charge on any atom is 0.410 e. The molecule has 0 bridgehead atoms. The van der Waals surface area contributed by atoms with Crippen molar-refractivity contribution in [2.24, 2.45) is 0 Å². The Labute approximate surface area is 209 Å². The molecule has 0 fully saturated rings. The lowest BCUT2D eigenvalue weighted by Gasteiger charge is -2.24. The quantitative estimate of drug-likeness (QED) is 0.305. The molecule has 0 saturated heterocycles. The number of nitrogen functional groups attached to an aromatic ring is 1. The first kappa shape index (κ1) is 24.7. The predicted octanol–water partition coefficient (Wildman–Crippen LogP) is 5.14. The van der Waals surface area contributed by atoms with Crippen LogP contribution in [0.4, 0.5) is 22.0 Å². The summed E-state index contributed by atoms with van der Waals surface area (Å²) in [7, 11) is 1.67. The molecule has 0 unspecified atom stereocenters. The van der Waals surface area contributed by atoms with Crippen molar-refractivity contribution in [3.05, 3.63) is 34.5 Å². The molecule has 2 aromatic heterocycles. The minimum atomic E-state index is -0.565. The van der Waals surface area contributed by atoms with Crippen molar-refractivity contribution < 1.29 is 14.3 Å². The number of nitrogens with two attached hydrogens (primary N) is 1. The van der Waals surface area contributed by atoms with E-state index in [0.717, 1.165) is 29.5 Å². The van der Waals surface area contributed by atoms with Gasteiger partial charge in [-0.05, 0) is 58.1 Å². The largest absolute Gasteiger partial charge is 0.489 e. The average molecular weight is 497 g/mol. The second-order valence-electron chi connectivity index (χ2n) is 9.61. The van der Waals surface area contributed by atoms with Gasteiger partial charge in [-0.3, -0.25) is 0 Å². The van der Waals surface area contributed by atoms with Crippen LogP contribution in [0.1, 0.15) is 49.6 Å². The number of likely N-dealkylation sites (N-methyl/N-ethyl adjacent to an activating group) is 1. The third-order valence-corrected chi connectivity index (χ3v) is 6.93. The molecule has 1 aliphatic rings. The van der Waals surface area contributed by atoms with E-state index in [4.69, 9.17) is 20.6 Å². The third-order valence-electron chi connectivity index (χ3n) is 5.73. The highest BCUT2D eigenvalue weighted by atomic mass is 32.1. The number of hydrogen-bond donors (Lipinski definition) is 3. The summed E-state index contributed by atoms with van der Waals surface area (Å²) >= 11 is 1.73. The zero-order valence-corrected chi connectivity index (χ0v) is 21.4. The smallest absolute Gasteiger partial charge is 0.410 e. The molecule has 0 aliphatic heterocycles. The topological polar surface area (TPSA) is 126 Å². The lowest BCUT2D eigenvalue weighted by molar-refractivity contribution is 0.0278. The SMILES string of the molecule is CN(CCOc1cc(N)c(C=N)cc1Nc1ncnc2sc3c(c12)CCCC3)C(=O)OC(C)(C)C. The van der Waals surface area contributed by atoms with Gasteiger partial charge in [0.1, 0.15) is 34.9 Å². The van der Waals surface area contributed by atoms with Gasteiger partial charge in [-0.25, -0.2) is 14.8 Å². The summed E-state index contributed by atoms with van der Waals surface area (Å²) in [6.07, 6.45) is 6.82. The van der Waals surface area contributed by atoms with Gasteiger partial charge in [-0.15, -0.1) is 11.3 Å². The van der Waals surface area contributed by atoms with E-state index >= 15 is 0 Å². The Morgan fingerprint density at radius 3 is 2.80 bits per heavy atom. The van der Waals surface area contributed by atoms with E-state index in [1.807, 2.05) is 20.8 Å². The number of benzene rings is 1. The van der Waals surface area contributed by atoms with E-state index in [1.54, 1.807) is 36.8 Å². The highest BCUT2D eigenvalue weighted by molar-refractivity contribution is 7.19. The Bertz CT molecular complexity index is 1250. The van der Waals surface area contributed by atoms with Gasteiger partial charge in [0, 0.05) is 35.5 Å². The Balaban J connectivity index is 1.57. The minimum absolute atomic E-state index is 0.237. The van der Waals surface area contributed by atoms with E-state index in [2.05, 4.69) is 15.3 Å². The summed E-state index contributed by atoms with van der Waals surface area (Å²) in [6.45, 7) is 6.05. The fourth-order valence-electron chi connectivity index (χ4n) is 3.99. The number of hydrogen-bond acceptors (Lipinski definition) is 9.